The van der Waals surface area contributed by atoms with Gasteiger partial charge in [-0.15, -0.1) is 0 Å². The predicted octanol–water partition coefficient (Wildman–Crippen LogP) is 3.23. The summed E-state index contributed by atoms with van der Waals surface area (Å²) < 4.78 is 18.8. The topological polar surface area (TPSA) is 47.3 Å². The maximum absolute atomic E-state index is 13.5. The number of ether oxygens (including phenoxy) is 1. The fourth-order valence-electron chi connectivity index (χ4n) is 2.14. The lowest BCUT2D eigenvalue weighted by atomic mass is 9.98. The van der Waals surface area contributed by atoms with E-state index in [0.717, 1.165) is 11.3 Å². The van der Waals surface area contributed by atoms with Gasteiger partial charge in [0.2, 0.25) is 0 Å². The van der Waals surface area contributed by atoms with Crippen LogP contribution >= 0.6 is 11.6 Å². The molecule has 0 aliphatic rings. The average Bonchev–Trinajstić information content (AvgIpc) is 2.48. The number of methoxy groups -OCH3 is 1. The van der Waals surface area contributed by atoms with E-state index < -0.39 is 5.82 Å². The third-order valence-electron chi connectivity index (χ3n) is 3.17. The van der Waals surface area contributed by atoms with E-state index in [1.165, 1.54) is 6.07 Å². The van der Waals surface area contributed by atoms with E-state index >= 15 is 0 Å². The Morgan fingerprint density at radius 3 is 2.70 bits per heavy atom. The van der Waals surface area contributed by atoms with Crippen molar-refractivity contribution in [2.75, 3.05) is 7.11 Å². The summed E-state index contributed by atoms with van der Waals surface area (Å²) in [6.45, 7) is 0. The number of para-hydroxylation sites is 1. The van der Waals surface area contributed by atoms with E-state index in [2.05, 4.69) is 5.43 Å². The number of halogens is 2. The van der Waals surface area contributed by atoms with Crippen molar-refractivity contribution in [2.45, 2.75) is 12.5 Å². The molecule has 2 rings (SSSR count). The van der Waals surface area contributed by atoms with Crippen molar-refractivity contribution in [2.24, 2.45) is 5.84 Å². The Hall–Kier alpha value is -1.62. The first-order valence-electron chi connectivity index (χ1n) is 6.19. The molecule has 1 unspecified atom stereocenters. The highest BCUT2D eigenvalue weighted by atomic mass is 35.5. The number of hydrogen-bond acceptors (Lipinski definition) is 3. The standard InChI is InChI=1S/C15H16ClFN2O/c1-20-14-8-3-2-5-10(14)9-13(19-18)11-6-4-7-12(17)15(11)16/h2-8,13,19H,9,18H2,1H3. The van der Waals surface area contributed by atoms with E-state index in [9.17, 15) is 4.39 Å². The molecule has 0 bridgehead atoms. The molecule has 0 spiro atoms. The van der Waals surface area contributed by atoms with Crippen LogP contribution in [0, 0.1) is 5.82 Å². The number of hydrazine groups is 1. The van der Waals surface area contributed by atoms with Crippen LogP contribution in [0.2, 0.25) is 5.02 Å². The van der Waals surface area contributed by atoms with E-state index in [1.54, 1.807) is 19.2 Å². The zero-order valence-corrected chi connectivity index (χ0v) is 11.8. The first-order valence-corrected chi connectivity index (χ1v) is 6.57. The van der Waals surface area contributed by atoms with Gasteiger partial charge in [-0.1, -0.05) is 41.9 Å². The van der Waals surface area contributed by atoms with Crippen molar-refractivity contribution in [3.05, 3.63) is 64.4 Å². The number of nitrogens with two attached hydrogens (primary N) is 1. The van der Waals surface area contributed by atoms with Gasteiger partial charge in [-0.25, -0.2) is 4.39 Å². The molecule has 3 nitrogen and oxygen atoms in total. The third-order valence-corrected chi connectivity index (χ3v) is 3.57. The second-order valence-corrected chi connectivity index (χ2v) is 4.76. The Balaban J connectivity index is 2.31. The van der Waals surface area contributed by atoms with E-state index in [-0.39, 0.29) is 11.1 Å². The molecule has 1 atom stereocenters. The van der Waals surface area contributed by atoms with Crippen molar-refractivity contribution in [1.82, 2.24) is 5.43 Å². The number of nitrogens with one attached hydrogen (secondary N) is 1. The van der Waals surface area contributed by atoms with Crippen molar-refractivity contribution < 1.29 is 9.13 Å². The highest BCUT2D eigenvalue weighted by molar-refractivity contribution is 6.31. The highest BCUT2D eigenvalue weighted by Crippen LogP contribution is 2.29. The molecule has 0 aliphatic carbocycles. The average molecular weight is 295 g/mol. The Bertz CT molecular complexity index is 592. The van der Waals surface area contributed by atoms with Gasteiger partial charge >= 0.3 is 0 Å². The molecule has 0 heterocycles. The van der Waals surface area contributed by atoms with Gasteiger partial charge in [-0.2, -0.15) is 0 Å². The summed E-state index contributed by atoms with van der Waals surface area (Å²) >= 11 is 6.00. The summed E-state index contributed by atoms with van der Waals surface area (Å²) in [4.78, 5) is 0. The van der Waals surface area contributed by atoms with Crippen LogP contribution in [0.25, 0.3) is 0 Å². The minimum atomic E-state index is -0.454. The van der Waals surface area contributed by atoms with Crippen LogP contribution in [0.4, 0.5) is 4.39 Å². The van der Waals surface area contributed by atoms with Crippen molar-refractivity contribution in [1.29, 1.82) is 0 Å². The van der Waals surface area contributed by atoms with Crippen LogP contribution in [0.1, 0.15) is 17.2 Å². The molecule has 0 radical (unpaired) electrons. The van der Waals surface area contributed by atoms with Crippen LogP contribution < -0.4 is 16.0 Å². The van der Waals surface area contributed by atoms with Crippen molar-refractivity contribution >= 4 is 11.6 Å². The molecule has 5 heteroatoms. The zero-order valence-electron chi connectivity index (χ0n) is 11.1. The minimum absolute atomic E-state index is 0.0883. The lowest BCUT2D eigenvalue weighted by Gasteiger charge is -2.19. The Morgan fingerprint density at radius 2 is 2.00 bits per heavy atom. The normalized spacial score (nSPS) is 12.2. The molecule has 20 heavy (non-hydrogen) atoms. The summed E-state index contributed by atoms with van der Waals surface area (Å²) in [5, 5.41) is 0.0883. The van der Waals surface area contributed by atoms with Gasteiger partial charge < -0.3 is 4.74 Å². The molecule has 2 aromatic rings. The van der Waals surface area contributed by atoms with E-state index in [1.807, 2.05) is 24.3 Å². The summed E-state index contributed by atoms with van der Waals surface area (Å²) in [5.41, 5.74) is 4.28. The maximum Gasteiger partial charge on any atom is 0.142 e. The van der Waals surface area contributed by atoms with Gasteiger partial charge in [-0.05, 0) is 29.7 Å². The fourth-order valence-corrected chi connectivity index (χ4v) is 2.40. The highest BCUT2D eigenvalue weighted by Gasteiger charge is 2.17. The molecule has 0 aromatic heterocycles. The van der Waals surface area contributed by atoms with Crippen LogP contribution in [-0.4, -0.2) is 7.11 Å². The van der Waals surface area contributed by atoms with Gasteiger partial charge in [0.15, 0.2) is 0 Å². The van der Waals surface area contributed by atoms with Gasteiger partial charge in [-0.3, -0.25) is 11.3 Å². The summed E-state index contributed by atoms with van der Waals surface area (Å²) in [6.07, 6.45) is 0.545. The quantitative estimate of drug-likeness (QED) is 0.657. The predicted molar refractivity (Wildman–Crippen MR) is 78.2 cm³/mol. The SMILES string of the molecule is COc1ccccc1CC(NN)c1cccc(F)c1Cl. The van der Waals surface area contributed by atoms with E-state index in [0.29, 0.717) is 12.0 Å². The smallest absolute Gasteiger partial charge is 0.142 e. The van der Waals surface area contributed by atoms with Crippen LogP contribution in [0.3, 0.4) is 0 Å². The van der Waals surface area contributed by atoms with Gasteiger partial charge in [0.25, 0.3) is 0 Å². The molecule has 0 saturated carbocycles. The largest absolute Gasteiger partial charge is 0.496 e. The summed E-state index contributed by atoms with van der Waals surface area (Å²) in [6, 6.07) is 12.0. The van der Waals surface area contributed by atoms with Crippen LogP contribution in [-0.2, 0) is 6.42 Å². The Kier molecular flexibility index (Phi) is 4.95. The maximum atomic E-state index is 13.5. The lowest BCUT2D eigenvalue weighted by Crippen LogP contribution is -2.30. The molecular formula is C15H16ClFN2O. The van der Waals surface area contributed by atoms with Gasteiger partial charge in [0.1, 0.15) is 11.6 Å². The number of benzene rings is 2. The fraction of sp³-hybridized carbons (Fsp3) is 0.200. The monoisotopic (exact) mass is 294 g/mol. The minimum Gasteiger partial charge on any atom is -0.496 e. The molecule has 0 saturated heterocycles. The Labute approximate surface area is 122 Å². The van der Waals surface area contributed by atoms with Crippen LogP contribution in [0.5, 0.6) is 5.75 Å². The molecule has 2 aromatic carbocycles. The summed E-state index contributed by atoms with van der Waals surface area (Å²) in [7, 11) is 1.61. The van der Waals surface area contributed by atoms with E-state index in [4.69, 9.17) is 22.2 Å². The van der Waals surface area contributed by atoms with Crippen molar-refractivity contribution in [3.63, 3.8) is 0 Å². The summed E-state index contributed by atoms with van der Waals surface area (Å²) in [5.74, 6) is 5.90. The molecule has 0 fully saturated rings. The molecule has 106 valence electrons. The van der Waals surface area contributed by atoms with Crippen molar-refractivity contribution in [3.8, 4) is 5.75 Å². The second kappa shape index (κ2) is 6.70. The molecule has 0 amide bonds. The molecule has 0 aliphatic heterocycles. The zero-order chi connectivity index (χ0) is 14.5. The first-order chi connectivity index (χ1) is 9.67. The Morgan fingerprint density at radius 1 is 1.25 bits per heavy atom. The molecular weight excluding hydrogens is 279 g/mol. The second-order valence-electron chi connectivity index (χ2n) is 4.38. The lowest BCUT2D eigenvalue weighted by molar-refractivity contribution is 0.405. The van der Waals surface area contributed by atoms with Gasteiger partial charge in [0, 0.05) is 0 Å². The van der Waals surface area contributed by atoms with Crippen LogP contribution in [0.15, 0.2) is 42.5 Å². The number of rotatable bonds is 5. The first kappa shape index (κ1) is 14.8. The third kappa shape index (κ3) is 3.10. The van der Waals surface area contributed by atoms with Gasteiger partial charge in [0.05, 0.1) is 18.2 Å². The molecule has 3 N–H and O–H groups in total. The number of hydrogen-bond donors (Lipinski definition) is 2.